The summed E-state index contributed by atoms with van der Waals surface area (Å²) in [6, 6.07) is 12.1. The van der Waals surface area contributed by atoms with E-state index in [0.29, 0.717) is 31.2 Å². The fourth-order valence-corrected chi connectivity index (χ4v) is 4.37. The Hall–Kier alpha value is -2.83. The van der Waals surface area contributed by atoms with E-state index in [1.165, 1.54) is 0 Å². The molecule has 0 radical (unpaired) electrons. The van der Waals surface area contributed by atoms with Gasteiger partial charge in [-0.15, -0.1) is 0 Å². The second-order valence-electron chi connectivity index (χ2n) is 9.05. The monoisotopic (exact) mass is 484 g/mol. The molecule has 0 saturated carbocycles. The van der Waals surface area contributed by atoms with Gasteiger partial charge in [0.05, 0.1) is 23.2 Å². The van der Waals surface area contributed by atoms with Crippen LogP contribution in [0.1, 0.15) is 55.8 Å². The largest absolute Gasteiger partial charge is 0.507 e. The topological polar surface area (TPSA) is 70.1 Å². The Labute approximate surface area is 206 Å². The number of nitrogens with zero attached hydrogens (tertiary/aromatic N) is 2. The Kier molecular flexibility index (Phi) is 8.39. The molecular formula is C27H33ClN2O4. The zero-order chi connectivity index (χ0) is 25.0. The third-order valence-corrected chi connectivity index (χ3v) is 6.30. The van der Waals surface area contributed by atoms with Gasteiger partial charge in [-0.1, -0.05) is 49.7 Å². The molecule has 1 aliphatic rings. The minimum atomic E-state index is -0.710. The van der Waals surface area contributed by atoms with E-state index in [2.05, 4.69) is 13.8 Å². The van der Waals surface area contributed by atoms with E-state index < -0.39 is 17.7 Å². The molecule has 1 N–H and O–H groups in total. The molecule has 2 aromatic carbocycles. The number of aliphatic hydroxyl groups excluding tert-OH is 1. The van der Waals surface area contributed by atoms with Gasteiger partial charge in [-0.2, -0.15) is 0 Å². The normalized spacial score (nSPS) is 17.8. The lowest BCUT2D eigenvalue weighted by Crippen LogP contribution is -2.32. The van der Waals surface area contributed by atoms with Crippen LogP contribution < -0.4 is 4.74 Å². The lowest BCUT2D eigenvalue weighted by molar-refractivity contribution is -0.139. The Bertz CT molecular complexity index is 1080. The summed E-state index contributed by atoms with van der Waals surface area (Å²) in [6.45, 7) is 7.67. The number of hydrogen-bond donors (Lipinski definition) is 1. The zero-order valence-electron chi connectivity index (χ0n) is 20.5. The minimum Gasteiger partial charge on any atom is -0.507 e. The van der Waals surface area contributed by atoms with Crippen molar-refractivity contribution in [3.8, 4) is 5.75 Å². The van der Waals surface area contributed by atoms with Gasteiger partial charge in [-0.3, -0.25) is 9.59 Å². The van der Waals surface area contributed by atoms with Gasteiger partial charge < -0.3 is 19.6 Å². The number of ether oxygens (including phenoxy) is 1. The molecule has 1 amide bonds. The molecule has 0 aromatic heterocycles. The number of hydrogen-bond acceptors (Lipinski definition) is 5. The Balaban J connectivity index is 2.13. The van der Waals surface area contributed by atoms with Crippen LogP contribution in [0.5, 0.6) is 5.75 Å². The number of aliphatic hydroxyl groups is 1. The molecule has 2 aromatic rings. The van der Waals surface area contributed by atoms with E-state index in [-0.39, 0.29) is 21.9 Å². The van der Waals surface area contributed by atoms with Crippen LogP contribution in [0.25, 0.3) is 5.76 Å². The summed E-state index contributed by atoms with van der Waals surface area (Å²) in [5, 5.41) is 11.6. The van der Waals surface area contributed by atoms with Crippen molar-refractivity contribution in [2.75, 3.05) is 33.8 Å². The van der Waals surface area contributed by atoms with Gasteiger partial charge in [0.2, 0.25) is 0 Å². The molecule has 0 aliphatic carbocycles. The van der Waals surface area contributed by atoms with E-state index in [4.69, 9.17) is 16.3 Å². The van der Waals surface area contributed by atoms with Crippen molar-refractivity contribution in [1.29, 1.82) is 0 Å². The number of carbonyl (C=O) groups is 2. The molecule has 0 bridgehead atoms. The average molecular weight is 485 g/mol. The van der Waals surface area contributed by atoms with E-state index in [1.807, 2.05) is 50.2 Å². The van der Waals surface area contributed by atoms with Crippen molar-refractivity contribution in [1.82, 2.24) is 9.80 Å². The molecule has 182 valence electrons. The maximum absolute atomic E-state index is 13.2. The van der Waals surface area contributed by atoms with Crippen molar-refractivity contribution < 1.29 is 19.4 Å². The molecule has 3 rings (SSSR count). The number of halogens is 1. The molecule has 7 heteroatoms. The first-order valence-electron chi connectivity index (χ1n) is 11.6. The number of carbonyl (C=O) groups excluding carboxylic acids is 2. The van der Waals surface area contributed by atoms with Crippen LogP contribution in [0.15, 0.2) is 48.0 Å². The van der Waals surface area contributed by atoms with Crippen LogP contribution in [0.3, 0.4) is 0 Å². The number of amides is 1. The number of benzene rings is 2. The van der Waals surface area contributed by atoms with Gasteiger partial charge in [0.25, 0.3) is 11.7 Å². The highest BCUT2D eigenvalue weighted by atomic mass is 35.5. The van der Waals surface area contributed by atoms with Gasteiger partial charge in [0.15, 0.2) is 0 Å². The van der Waals surface area contributed by atoms with Crippen LogP contribution >= 0.6 is 11.6 Å². The summed E-state index contributed by atoms with van der Waals surface area (Å²) in [4.78, 5) is 29.9. The first kappa shape index (κ1) is 25.8. The van der Waals surface area contributed by atoms with Gasteiger partial charge in [0, 0.05) is 12.1 Å². The fraction of sp³-hybridized carbons (Fsp3) is 0.407. The van der Waals surface area contributed by atoms with E-state index in [1.54, 1.807) is 23.1 Å². The molecule has 1 saturated heterocycles. The highest BCUT2D eigenvalue weighted by molar-refractivity contribution is 6.47. The quantitative estimate of drug-likeness (QED) is 0.299. The molecule has 1 heterocycles. The smallest absolute Gasteiger partial charge is 0.295 e. The van der Waals surface area contributed by atoms with Crippen molar-refractivity contribution in [2.24, 2.45) is 0 Å². The predicted octanol–water partition coefficient (Wildman–Crippen LogP) is 5.24. The highest BCUT2D eigenvalue weighted by Crippen LogP contribution is 2.41. The van der Waals surface area contributed by atoms with Crippen molar-refractivity contribution in [3.05, 3.63) is 69.8 Å². The second kappa shape index (κ2) is 11.1. The molecule has 0 spiro atoms. The molecule has 6 nitrogen and oxygen atoms in total. The standard InChI is InChI=1S/C27H33ClN2O4/c1-6-34-20-12-13-22(28)21(16-20)25(31)23-24(19-10-8-18(9-11-19)17(2)3)30(27(33)26(23)32)15-7-14-29(4)5/h8-13,16-17,24,31H,6-7,14-15H2,1-5H3/b25-23+. The Morgan fingerprint density at radius 2 is 1.82 bits per heavy atom. The third-order valence-electron chi connectivity index (χ3n) is 5.97. The Morgan fingerprint density at radius 3 is 2.41 bits per heavy atom. The summed E-state index contributed by atoms with van der Waals surface area (Å²) >= 11 is 6.39. The lowest BCUT2D eigenvalue weighted by Gasteiger charge is -2.26. The summed E-state index contributed by atoms with van der Waals surface area (Å²) < 4.78 is 5.55. The van der Waals surface area contributed by atoms with Crippen molar-refractivity contribution in [3.63, 3.8) is 0 Å². The van der Waals surface area contributed by atoms with Crippen LogP contribution in [-0.4, -0.2) is 60.4 Å². The first-order valence-corrected chi connectivity index (χ1v) is 12.0. The summed E-state index contributed by atoms with van der Waals surface area (Å²) in [5.74, 6) is -0.751. The second-order valence-corrected chi connectivity index (χ2v) is 9.45. The lowest BCUT2D eigenvalue weighted by atomic mass is 9.93. The van der Waals surface area contributed by atoms with Crippen molar-refractivity contribution in [2.45, 2.75) is 39.2 Å². The number of rotatable bonds is 9. The van der Waals surface area contributed by atoms with Gasteiger partial charge in [-0.25, -0.2) is 0 Å². The molecule has 1 atom stereocenters. The van der Waals surface area contributed by atoms with E-state index >= 15 is 0 Å². The number of ketones is 1. The maximum Gasteiger partial charge on any atom is 0.295 e. The fourth-order valence-electron chi connectivity index (χ4n) is 4.17. The molecule has 34 heavy (non-hydrogen) atoms. The maximum atomic E-state index is 13.2. The summed E-state index contributed by atoms with van der Waals surface area (Å²) in [7, 11) is 3.92. The van der Waals surface area contributed by atoms with Gasteiger partial charge >= 0.3 is 0 Å². The molecule has 1 fully saturated rings. The van der Waals surface area contributed by atoms with Crippen LogP contribution in [0.4, 0.5) is 0 Å². The van der Waals surface area contributed by atoms with Gasteiger partial charge in [-0.05, 0) is 69.2 Å². The highest BCUT2D eigenvalue weighted by Gasteiger charge is 2.46. The van der Waals surface area contributed by atoms with Crippen molar-refractivity contribution >= 4 is 29.1 Å². The first-order chi connectivity index (χ1) is 16.1. The SMILES string of the molecule is CCOc1ccc(Cl)c(/C(O)=C2\C(=O)C(=O)N(CCCN(C)C)C2c2ccc(C(C)C)cc2)c1. The summed E-state index contributed by atoms with van der Waals surface area (Å²) in [5.41, 5.74) is 2.23. The molecule has 1 unspecified atom stereocenters. The molecule has 1 aliphatic heterocycles. The minimum absolute atomic E-state index is 0.0442. The predicted molar refractivity (Wildman–Crippen MR) is 135 cm³/mol. The van der Waals surface area contributed by atoms with E-state index in [9.17, 15) is 14.7 Å². The van der Waals surface area contributed by atoms with Crippen LogP contribution in [0.2, 0.25) is 5.02 Å². The summed E-state index contributed by atoms with van der Waals surface area (Å²) in [6.07, 6.45) is 0.696. The zero-order valence-corrected chi connectivity index (χ0v) is 21.2. The third kappa shape index (κ3) is 5.45. The van der Waals surface area contributed by atoms with Crippen LogP contribution in [0, 0.1) is 0 Å². The average Bonchev–Trinajstić information content (AvgIpc) is 3.05. The van der Waals surface area contributed by atoms with E-state index in [0.717, 1.165) is 17.7 Å². The number of likely N-dealkylation sites (tertiary alicyclic amines) is 1. The molecular weight excluding hydrogens is 452 g/mol. The van der Waals surface area contributed by atoms with Crippen LogP contribution in [-0.2, 0) is 9.59 Å². The van der Waals surface area contributed by atoms with Gasteiger partial charge in [0.1, 0.15) is 11.5 Å². The Morgan fingerprint density at radius 1 is 1.15 bits per heavy atom. The number of Topliss-reactive ketones (excluding diaryl/α,β-unsaturated/α-hetero) is 1.